The molecule has 1 aromatic rings. The number of carbonyl (C=O) groups excluding carboxylic acids is 2. The van der Waals surface area contributed by atoms with Crippen molar-refractivity contribution in [1.82, 2.24) is 5.32 Å². The molecule has 1 aromatic carbocycles. The number of rotatable bonds is 5. The summed E-state index contributed by atoms with van der Waals surface area (Å²) in [6.07, 6.45) is -0.246. The third-order valence-electron chi connectivity index (χ3n) is 4.05. The lowest BCUT2D eigenvalue weighted by Crippen LogP contribution is -2.46. The Morgan fingerprint density at radius 3 is 2.54 bits per heavy atom. The Hall–Kier alpha value is -1.86. The van der Waals surface area contributed by atoms with Gasteiger partial charge in [0, 0.05) is 5.56 Å². The highest BCUT2D eigenvalue weighted by molar-refractivity contribution is 6.62. The standard InChI is InChI=1S/C17H24BNO5/c1-9(2)15(17(21)24-10(3)4)19-16(20)13-7-6-12-8-23-18(22)14(12)11(13)5/h6-7,9-10,15,22H,8H2,1-5H3,(H,19,20). The SMILES string of the molecule is Cc1c(C(=O)NC(C(=O)OC(C)C)C(C)C)ccc2c1B(O)OC2. The van der Waals surface area contributed by atoms with E-state index in [1.807, 2.05) is 13.8 Å². The highest BCUT2D eigenvalue weighted by atomic mass is 16.5. The van der Waals surface area contributed by atoms with Crippen molar-refractivity contribution in [2.24, 2.45) is 5.92 Å². The van der Waals surface area contributed by atoms with Crippen LogP contribution in [-0.4, -0.2) is 36.2 Å². The van der Waals surface area contributed by atoms with E-state index in [9.17, 15) is 14.6 Å². The molecule has 2 N–H and O–H groups in total. The smallest absolute Gasteiger partial charge is 0.461 e. The van der Waals surface area contributed by atoms with E-state index in [1.54, 1.807) is 32.9 Å². The summed E-state index contributed by atoms with van der Waals surface area (Å²) in [4.78, 5) is 24.8. The average molecular weight is 333 g/mol. The number of hydrogen-bond donors (Lipinski definition) is 2. The number of carbonyl (C=O) groups is 2. The molecule has 2 rings (SSSR count). The van der Waals surface area contributed by atoms with Crippen molar-refractivity contribution in [1.29, 1.82) is 0 Å². The van der Waals surface area contributed by atoms with Gasteiger partial charge in [-0.25, -0.2) is 4.79 Å². The first-order valence-electron chi connectivity index (χ1n) is 8.15. The molecule has 130 valence electrons. The number of ether oxygens (including phenoxy) is 1. The van der Waals surface area contributed by atoms with Crippen molar-refractivity contribution in [3.63, 3.8) is 0 Å². The fourth-order valence-electron chi connectivity index (χ4n) is 2.77. The topological polar surface area (TPSA) is 84.9 Å². The summed E-state index contributed by atoms with van der Waals surface area (Å²) in [5.41, 5.74) is 2.58. The van der Waals surface area contributed by atoms with E-state index in [1.165, 1.54) is 0 Å². The molecule has 0 bridgehead atoms. The van der Waals surface area contributed by atoms with E-state index in [0.29, 0.717) is 23.2 Å². The van der Waals surface area contributed by atoms with Crippen LogP contribution in [0.15, 0.2) is 12.1 Å². The number of hydrogen-bond acceptors (Lipinski definition) is 5. The average Bonchev–Trinajstić information content (AvgIpc) is 2.86. The monoisotopic (exact) mass is 333 g/mol. The molecule has 0 aliphatic carbocycles. The second-order valence-electron chi connectivity index (χ2n) is 6.66. The van der Waals surface area contributed by atoms with E-state index in [0.717, 1.165) is 5.56 Å². The predicted molar refractivity (Wildman–Crippen MR) is 90.9 cm³/mol. The maximum atomic E-state index is 12.6. The van der Waals surface area contributed by atoms with Crippen molar-refractivity contribution in [2.45, 2.75) is 53.4 Å². The van der Waals surface area contributed by atoms with Gasteiger partial charge in [-0.2, -0.15) is 0 Å². The zero-order chi connectivity index (χ0) is 18.0. The van der Waals surface area contributed by atoms with Crippen LogP contribution in [0.25, 0.3) is 0 Å². The molecule has 1 aliphatic rings. The van der Waals surface area contributed by atoms with Crippen molar-refractivity contribution in [2.75, 3.05) is 0 Å². The van der Waals surface area contributed by atoms with Gasteiger partial charge in [0.05, 0.1) is 12.7 Å². The van der Waals surface area contributed by atoms with Gasteiger partial charge in [-0.3, -0.25) is 4.79 Å². The van der Waals surface area contributed by atoms with Gasteiger partial charge in [0.2, 0.25) is 0 Å². The van der Waals surface area contributed by atoms with E-state index in [4.69, 9.17) is 9.39 Å². The highest BCUT2D eigenvalue weighted by Gasteiger charge is 2.32. The molecule has 0 saturated carbocycles. The minimum absolute atomic E-state index is 0.108. The van der Waals surface area contributed by atoms with E-state index < -0.39 is 19.1 Å². The molecule has 1 unspecified atom stereocenters. The van der Waals surface area contributed by atoms with Crippen molar-refractivity contribution < 1.29 is 24.0 Å². The van der Waals surface area contributed by atoms with Crippen molar-refractivity contribution in [3.05, 3.63) is 28.8 Å². The van der Waals surface area contributed by atoms with Gasteiger partial charge in [0.1, 0.15) is 6.04 Å². The molecule has 24 heavy (non-hydrogen) atoms. The fraction of sp³-hybridized carbons (Fsp3) is 0.529. The van der Waals surface area contributed by atoms with E-state index in [-0.39, 0.29) is 17.9 Å². The normalized spacial score (nSPS) is 14.8. The van der Waals surface area contributed by atoms with Crippen molar-refractivity contribution in [3.8, 4) is 0 Å². The van der Waals surface area contributed by atoms with Gasteiger partial charge in [0.25, 0.3) is 5.91 Å². The van der Waals surface area contributed by atoms with Gasteiger partial charge in [-0.05, 0) is 49.3 Å². The van der Waals surface area contributed by atoms with Crippen LogP contribution in [0, 0.1) is 12.8 Å². The second-order valence-corrected chi connectivity index (χ2v) is 6.66. The van der Waals surface area contributed by atoms with Crippen LogP contribution >= 0.6 is 0 Å². The number of esters is 1. The van der Waals surface area contributed by atoms with Crippen LogP contribution < -0.4 is 10.8 Å². The molecule has 0 aromatic heterocycles. The van der Waals surface area contributed by atoms with Crippen LogP contribution in [0.3, 0.4) is 0 Å². The molecular formula is C17H24BNO5. The molecule has 0 radical (unpaired) electrons. The second kappa shape index (κ2) is 7.36. The Morgan fingerprint density at radius 2 is 1.96 bits per heavy atom. The zero-order valence-electron chi connectivity index (χ0n) is 14.8. The lowest BCUT2D eigenvalue weighted by Gasteiger charge is -2.22. The molecule has 6 nitrogen and oxygen atoms in total. The summed E-state index contributed by atoms with van der Waals surface area (Å²) < 4.78 is 10.4. The molecule has 1 aliphatic heterocycles. The van der Waals surface area contributed by atoms with Gasteiger partial charge in [-0.1, -0.05) is 19.9 Å². The number of amides is 1. The summed E-state index contributed by atoms with van der Waals surface area (Å²) in [7, 11) is -1.01. The zero-order valence-corrected chi connectivity index (χ0v) is 14.8. The molecule has 1 heterocycles. The van der Waals surface area contributed by atoms with Crippen LogP contribution in [0.5, 0.6) is 0 Å². The third kappa shape index (κ3) is 3.79. The maximum Gasteiger partial charge on any atom is 0.492 e. The van der Waals surface area contributed by atoms with Gasteiger partial charge in [0.15, 0.2) is 0 Å². The summed E-state index contributed by atoms with van der Waals surface area (Å²) in [5, 5.41) is 12.6. The lowest BCUT2D eigenvalue weighted by atomic mass is 9.75. The van der Waals surface area contributed by atoms with Gasteiger partial charge in [-0.15, -0.1) is 0 Å². The first kappa shape index (κ1) is 18.5. The Kier molecular flexibility index (Phi) is 5.67. The molecular weight excluding hydrogens is 309 g/mol. The fourth-order valence-corrected chi connectivity index (χ4v) is 2.77. The van der Waals surface area contributed by atoms with E-state index >= 15 is 0 Å². The van der Waals surface area contributed by atoms with E-state index in [2.05, 4.69) is 5.32 Å². The summed E-state index contributed by atoms with van der Waals surface area (Å²) in [6, 6.07) is 2.73. The highest BCUT2D eigenvalue weighted by Crippen LogP contribution is 2.17. The first-order chi connectivity index (χ1) is 11.2. The van der Waals surface area contributed by atoms with Gasteiger partial charge >= 0.3 is 13.1 Å². The Labute approximate surface area is 142 Å². The van der Waals surface area contributed by atoms with Crippen LogP contribution in [-0.2, 0) is 20.8 Å². The minimum Gasteiger partial charge on any atom is -0.461 e. The quantitative estimate of drug-likeness (QED) is 0.618. The molecule has 0 fully saturated rings. The maximum absolute atomic E-state index is 12.6. The number of benzene rings is 1. The summed E-state index contributed by atoms with van der Waals surface area (Å²) >= 11 is 0. The first-order valence-corrected chi connectivity index (χ1v) is 8.15. The largest absolute Gasteiger partial charge is 0.492 e. The molecule has 1 atom stereocenters. The number of fused-ring (bicyclic) bond motifs is 1. The molecule has 1 amide bonds. The van der Waals surface area contributed by atoms with Gasteiger partial charge < -0.3 is 19.7 Å². The van der Waals surface area contributed by atoms with Crippen LogP contribution in [0.1, 0.15) is 49.2 Å². The van der Waals surface area contributed by atoms with Crippen LogP contribution in [0.4, 0.5) is 0 Å². The van der Waals surface area contributed by atoms with Crippen LogP contribution in [0.2, 0.25) is 0 Å². The Balaban J connectivity index is 2.22. The molecule has 0 spiro atoms. The summed E-state index contributed by atoms with van der Waals surface area (Å²) in [5.74, 6) is -0.923. The molecule has 0 saturated heterocycles. The minimum atomic E-state index is -1.01. The van der Waals surface area contributed by atoms with Crippen molar-refractivity contribution >= 4 is 24.5 Å². The molecule has 7 heteroatoms. The Bertz CT molecular complexity index is 644. The Morgan fingerprint density at radius 1 is 1.29 bits per heavy atom. The third-order valence-corrected chi connectivity index (χ3v) is 4.05. The predicted octanol–water partition coefficient (Wildman–Crippen LogP) is 0.919. The summed E-state index contributed by atoms with van der Waals surface area (Å²) in [6.45, 7) is 9.32. The number of nitrogens with one attached hydrogen (secondary N) is 1. The lowest BCUT2D eigenvalue weighted by molar-refractivity contribution is -0.150.